The van der Waals surface area contributed by atoms with Crippen molar-refractivity contribution in [3.63, 3.8) is 0 Å². The van der Waals surface area contributed by atoms with Gasteiger partial charge in [0.2, 0.25) is 5.78 Å². The zero-order valence-corrected chi connectivity index (χ0v) is 6.30. The summed E-state index contributed by atoms with van der Waals surface area (Å²) in [6.45, 7) is 0. The molecule has 3 heteroatoms. The Morgan fingerprint density at radius 3 is 3.00 bits per heavy atom. The van der Waals surface area contributed by atoms with E-state index < -0.39 is 5.78 Å². The molecule has 0 aliphatic rings. The first-order valence-electron chi connectivity index (χ1n) is 2.87. The Morgan fingerprint density at radius 2 is 2.45 bits per heavy atom. The van der Waals surface area contributed by atoms with Gasteiger partial charge in [-0.3, -0.25) is 4.79 Å². The molecule has 2 nitrogen and oxygen atoms in total. The van der Waals surface area contributed by atoms with Gasteiger partial charge >= 0.3 is 0 Å². The summed E-state index contributed by atoms with van der Waals surface area (Å²) in [5.74, 6) is 1.52. The number of Topliss-reactive ketones (excluding diaryl/α,β-unsaturated/α-hetero) is 1. The summed E-state index contributed by atoms with van der Waals surface area (Å²) in [5, 5.41) is 0.149. The number of halogens is 1. The van der Waals surface area contributed by atoms with Crippen LogP contribution in [-0.2, 0) is 0 Å². The monoisotopic (exact) mass is 165 g/mol. The average molecular weight is 166 g/mol. The minimum absolute atomic E-state index is 0.149. The van der Waals surface area contributed by atoms with Crippen molar-refractivity contribution in [3.8, 4) is 12.3 Å². The molecule has 0 fully saturated rings. The number of hydrogen-bond acceptors (Lipinski definition) is 2. The van der Waals surface area contributed by atoms with Crippen molar-refractivity contribution in [2.24, 2.45) is 0 Å². The molecule has 0 unspecified atom stereocenters. The topological polar surface area (TPSA) is 30.0 Å². The fourth-order valence-electron chi connectivity index (χ4n) is 0.633. The quantitative estimate of drug-likeness (QED) is 0.274. The molecule has 0 saturated heterocycles. The lowest BCUT2D eigenvalue weighted by molar-refractivity contribution is 0.105. The van der Waals surface area contributed by atoms with Gasteiger partial charge in [-0.1, -0.05) is 11.6 Å². The summed E-state index contributed by atoms with van der Waals surface area (Å²) in [7, 11) is 0. The molecule has 1 heterocycles. The van der Waals surface area contributed by atoms with E-state index in [0.29, 0.717) is 0 Å². The summed E-state index contributed by atoms with van der Waals surface area (Å²) in [5.41, 5.74) is 0.275. The Morgan fingerprint density at radius 1 is 1.73 bits per heavy atom. The first-order chi connectivity index (χ1) is 5.25. The van der Waals surface area contributed by atoms with E-state index >= 15 is 0 Å². The lowest BCUT2D eigenvalue weighted by Crippen LogP contribution is -1.96. The van der Waals surface area contributed by atoms with E-state index in [4.69, 9.17) is 18.0 Å². The molecule has 0 spiro atoms. The number of nitrogens with zero attached hydrogens (tertiary/aromatic N) is 1. The molecule has 0 amide bonds. The summed E-state index contributed by atoms with van der Waals surface area (Å²) in [4.78, 5) is 14.6. The standard InChI is InChI=1S/C8H4ClNO/c1-2-7(11)6-4-3-5-10-8(6)9/h1,3-5H. The minimum atomic E-state index is -0.442. The predicted octanol–water partition coefficient (Wildman–Crippen LogP) is 1.55. The van der Waals surface area contributed by atoms with E-state index in [0.717, 1.165) is 0 Å². The molecule has 0 aromatic carbocycles. The predicted molar refractivity (Wildman–Crippen MR) is 42.4 cm³/mol. The third-order valence-corrected chi connectivity index (χ3v) is 1.44. The molecular weight excluding hydrogens is 162 g/mol. The van der Waals surface area contributed by atoms with Gasteiger partial charge in [0, 0.05) is 6.20 Å². The Bertz CT molecular complexity index is 327. The average Bonchev–Trinajstić information content (AvgIpc) is 2.04. The van der Waals surface area contributed by atoms with E-state index in [9.17, 15) is 4.79 Å². The number of hydrogen-bond donors (Lipinski definition) is 0. The van der Waals surface area contributed by atoms with Gasteiger partial charge in [0.25, 0.3) is 0 Å². The van der Waals surface area contributed by atoms with Crippen LogP contribution in [0.1, 0.15) is 10.4 Å². The van der Waals surface area contributed by atoms with E-state index in [-0.39, 0.29) is 10.7 Å². The van der Waals surface area contributed by atoms with Crippen LogP contribution >= 0.6 is 11.6 Å². The van der Waals surface area contributed by atoms with Gasteiger partial charge in [-0.15, -0.1) is 6.42 Å². The zero-order chi connectivity index (χ0) is 8.27. The second-order valence-electron chi connectivity index (χ2n) is 1.82. The lowest BCUT2D eigenvalue weighted by atomic mass is 10.2. The van der Waals surface area contributed by atoms with E-state index in [2.05, 4.69) is 4.98 Å². The highest BCUT2D eigenvalue weighted by Gasteiger charge is 2.06. The molecule has 0 N–H and O–H groups in total. The van der Waals surface area contributed by atoms with Gasteiger partial charge < -0.3 is 0 Å². The first kappa shape index (κ1) is 7.77. The van der Waals surface area contributed by atoms with Gasteiger partial charge in [0.05, 0.1) is 5.56 Å². The lowest BCUT2D eigenvalue weighted by Gasteiger charge is -1.93. The fourth-order valence-corrected chi connectivity index (χ4v) is 0.838. The van der Waals surface area contributed by atoms with Gasteiger partial charge in [-0.25, -0.2) is 4.98 Å². The second-order valence-corrected chi connectivity index (χ2v) is 2.17. The van der Waals surface area contributed by atoms with Crippen LogP contribution in [0.15, 0.2) is 18.3 Å². The third kappa shape index (κ3) is 1.57. The van der Waals surface area contributed by atoms with Crippen molar-refractivity contribution in [1.82, 2.24) is 4.98 Å². The summed E-state index contributed by atoms with van der Waals surface area (Å²) >= 11 is 5.57. The van der Waals surface area contributed by atoms with Gasteiger partial charge in [0.1, 0.15) is 5.15 Å². The van der Waals surface area contributed by atoms with Gasteiger partial charge in [0.15, 0.2) is 0 Å². The number of pyridine rings is 1. The molecule has 0 atom stereocenters. The number of carbonyl (C=O) groups excluding carboxylic acids is 1. The highest BCUT2D eigenvalue weighted by Crippen LogP contribution is 2.11. The maximum absolute atomic E-state index is 10.9. The highest BCUT2D eigenvalue weighted by atomic mass is 35.5. The molecule has 0 saturated carbocycles. The van der Waals surface area contributed by atoms with Crippen LogP contribution < -0.4 is 0 Å². The number of carbonyl (C=O) groups is 1. The van der Waals surface area contributed by atoms with Crippen LogP contribution in [0.3, 0.4) is 0 Å². The Kier molecular flexibility index (Phi) is 2.25. The normalized spacial score (nSPS) is 8.73. The van der Waals surface area contributed by atoms with Crippen molar-refractivity contribution in [2.75, 3.05) is 0 Å². The van der Waals surface area contributed by atoms with Crippen LogP contribution in [-0.4, -0.2) is 10.8 Å². The molecule has 1 aromatic heterocycles. The van der Waals surface area contributed by atoms with E-state index in [1.165, 1.54) is 12.3 Å². The van der Waals surface area contributed by atoms with Crippen LogP contribution in [0.25, 0.3) is 0 Å². The summed E-state index contributed by atoms with van der Waals surface area (Å²) in [6.07, 6.45) is 6.38. The highest BCUT2D eigenvalue weighted by molar-refractivity contribution is 6.33. The largest absolute Gasteiger partial charge is 0.279 e. The summed E-state index contributed by atoms with van der Waals surface area (Å²) in [6, 6.07) is 3.15. The SMILES string of the molecule is C#CC(=O)c1cccnc1Cl. The van der Waals surface area contributed by atoms with Crippen LogP contribution in [0.4, 0.5) is 0 Å². The van der Waals surface area contributed by atoms with Crippen LogP contribution in [0.5, 0.6) is 0 Å². The zero-order valence-electron chi connectivity index (χ0n) is 5.54. The smallest absolute Gasteiger partial charge is 0.238 e. The molecule has 1 rings (SSSR count). The summed E-state index contributed by atoms with van der Waals surface area (Å²) < 4.78 is 0. The fraction of sp³-hybridized carbons (Fsp3) is 0. The van der Waals surface area contributed by atoms with Crippen molar-refractivity contribution >= 4 is 17.4 Å². The van der Waals surface area contributed by atoms with Crippen molar-refractivity contribution in [1.29, 1.82) is 0 Å². The minimum Gasteiger partial charge on any atom is -0.279 e. The van der Waals surface area contributed by atoms with Crippen LogP contribution in [0.2, 0.25) is 5.15 Å². The molecule has 54 valence electrons. The van der Waals surface area contributed by atoms with Crippen molar-refractivity contribution < 1.29 is 4.79 Å². The number of ketones is 1. The number of terminal acetylenes is 1. The Hall–Kier alpha value is -1.33. The molecule has 11 heavy (non-hydrogen) atoms. The van der Waals surface area contributed by atoms with Gasteiger partial charge in [-0.2, -0.15) is 0 Å². The third-order valence-electron chi connectivity index (χ3n) is 1.13. The molecular formula is C8H4ClNO. The van der Waals surface area contributed by atoms with E-state index in [1.807, 2.05) is 5.92 Å². The molecule has 0 aliphatic heterocycles. The second kappa shape index (κ2) is 3.18. The molecule has 0 aliphatic carbocycles. The Balaban J connectivity index is 3.16. The maximum Gasteiger partial charge on any atom is 0.238 e. The van der Waals surface area contributed by atoms with Crippen molar-refractivity contribution in [3.05, 3.63) is 29.0 Å². The van der Waals surface area contributed by atoms with Crippen LogP contribution in [0, 0.1) is 12.3 Å². The number of aromatic nitrogens is 1. The maximum atomic E-state index is 10.9. The first-order valence-corrected chi connectivity index (χ1v) is 3.25. The van der Waals surface area contributed by atoms with Crippen molar-refractivity contribution in [2.45, 2.75) is 0 Å². The molecule has 1 aromatic rings. The van der Waals surface area contributed by atoms with E-state index in [1.54, 1.807) is 6.07 Å². The molecule has 0 radical (unpaired) electrons. The van der Waals surface area contributed by atoms with Gasteiger partial charge in [-0.05, 0) is 18.1 Å². The Labute approximate surface area is 69.2 Å². The molecule has 0 bridgehead atoms. The number of rotatable bonds is 1.